The van der Waals surface area contributed by atoms with Gasteiger partial charge >= 0.3 is 12.1 Å². The van der Waals surface area contributed by atoms with Crippen molar-refractivity contribution in [2.45, 2.75) is 32.5 Å². The highest BCUT2D eigenvalue weighted by atomic mass is 19.4. The van der Waals surface area contributed by atoms with Crippen molar-refractivity contribution in [3.8, 4) is 0 Å². The predicted molar refractivity (Wildman–Crippen MR) is 53.9 cm³/mol. The Kier molecular flexibility index (Phi) is 4.18. The Hall–Kier alpha value is -0.780. The molecule has 3 nitrogen and oxygen atoms in total. The van der Waals surface area contributed by atoms with Crippen LogP contribution in [0.2, 0.25) is 0 Å². The topological polar surface area (TPSA) is 32.3 Å². The van der Waals surface area contributed by atoms with Gasteiger partial charge < -0.3 is 10.2 Å². The molecule has 0 aromatic heterocycles. The fourth-order valence-electron chi connectivity index (χ4n) is 1.53. The summed E-state index contributed by atoms with van der Waals surface area (Å²) >= 11 is 0. The van der Waals surface area contributed by atoms with Gasteiger partial charge in [0.1, 0.15) is 0 Å². The monoisotopic (exact) mass is 238 g/mol. The minimum atomic E-state index is -4.73. The van der Waals surface area contributed by atoms with Crippen LogP contribution >= 0.6 is 0 Å². The Morgan fingerprint density at radius 3 is 2.44 bits per heavy atom. The van der Waals surface area contributed by atoms with Crippen molar-refractivity contribution >= 4 is 5.91 Å². The van der Waals surface area contributed by atoms with E-state index in [0.29, 0.717) is 5.92 Å². The molecule has 16 heavy (non-hydrogen) atoms. The minimum absolute atomic E-state index is 0.0186. The second-order valence-electron chi connectivity index (χ2n) is 4.54. The van der Waals surface area contributed by atoms with Gasteiger partial charge in [0.05, 0.1) is 0 Å². The lowest BCUT2D eigenvalue weighted by atomic mass is 10.1. The molecule has 0 saturated carbocycles. The Labute approximate surface area is 93.0 Å². The van der Waals surface area contributed by atoms with E-state index in [-0.39, 0.29) is 19.1 Å². The van der Waals surface area contributed by atoms with Crippen LogP contribution in [0, 0.1) is 5.92 Å². The van der Waals surface area contributed by atoms with E-state index in [0.717, 1.165) is 17.9 Å². The third kappa shape index (κ3) is 3.66. The molecule has 1 amide bonds. The van der Waals surface area contributed by atoms with Gasteiger partial charge in [0, 0.05) is 19.1 Å². The highest BCUT2D eigenvalue weighted by Gasteiger charge is 2.46. The third-order valence-electron chi connectivity index (χ3n) is 2.57. The Morgan fingerprint density at radius 1 is 1.44 bits per heavy atom. The fourth-order valence-corrected chi connectivity index (χ4v) is 1.53. The summed E-state index contributed by atoms with van der Waals surface area (Å²) in [5, 5.41) is 3.13. The standard InChI is InChI=1S/C10H17F3N2O/c1-7(2)3-4-14-8-5-15(6-8)9(16)10(11,12)13/h7-8,14H,3-6H2,1-2H3. The normalized spacial score (nSPS) is 17.8. The second kappa shape index (κ2) is 5.03. The molecule has 1 aliphatic rings. The second-order valence-corrected chi connectivity index (χ2v) is 4.54. The maximum Gasteiger partial charge on any atom is 0.471 e. The molecule has 94 valence electrons. The first kappa shape index (κ1) is 13.3. The molecule has 0 aromatic carbocycles. The molecule has 1 N–H and O–H groups in total. The number of carbonyl (C=O) groups excluding carboxylic acids is 1. The molecule has 0 atom stereocenters. The van der Waals surface area contributed by atoms with Crippen LogP contribution in [-0.2, 0) is 4.79 Å². The highest BCUT2D eigenvalue weighted by molar-refractivity contribution is 5.82. The van der Waals surface area contributed by atoms with Crippen LogP contribution in [0.5, 0.6) is 0 Å². The first-order valence-corrected chi connectivity index (χ1v) is 5.40. The number of nitrogens with one attached hydrogen (secondary N) is 1. The summed E-state index contributed by atoms with van der Waals surface area (Å²) < 4.78 is 36.0. The number of alkyl halides is 3. The zero-order valence-electron chi connectivity index (χ0n) is 9.47. The Morgan fingerprint density at radius 2 is 2.00 bits per heavy atom. The number of nitrogens with zero attached hydrogens (tertiary/aromatic N) is 1. The fraction of sp³-hybridized carbons (Fsp3) is 0.900. The molecule has 1 saturated heterocycles. The van der Waals surface area contributed by atoms with Gasteiger partial charge in [-0.05, 0) is 18.9 Å². The lowest BCUT2D eigenvalue weighted by molar-refractivity contribution is -0.190. The number of halogens is 3. The summed E-state index contributed by atoms with van der Waals surface area (Å²) in [5.74, 6) is -1.16. The summed E-state index contributed by atoms with van der Waals surface area (Å²) in [6.07, 6.45) is -3.74. The van der Waals surface area contributed by atoms with Crippen molar-refractivity contribution < 1.29 is 18.0 Å². The molecule has 0 aliphatic carbocycles. The quantitative estimate of drug-likeness (QED) is 0.802. The summed E-state index contributed by atoms with van der Waals surface area (Å²) in [5.41, 5.74) is 0. The average Bonchev–Trinajstić information content (AvgIpc) is 2.05. The number of amides is 1. The average molecular weight is 238 g/mol. The van der Waals surface area contributed by atoms with Gasteiger partial charge in [-0.25, -0.2) is 0 Å². The van der Waals surface area contributed by atoms with Crippen LogP contribution in [-0.4, -0.2) is 42.7 Å². The van der Waals surface area contributed by atoms with Gasteiger partial charge in [-0.15, -0.1) is 0 Å². The molecule has 0 bridgehead atoms. The third-order valence-corrected chi connectivity index (χ3v) is 2.57. The first-order chi connectivity index (χ1) is 7.30. The SMILES string of the molecule is CC(C)CCNC1CN(C(=O)C(F)(F)F)C1. The van der Waals surface area contributed by atoms with Crippen LogP contribution in [0.15, 0.2) is 0 Å². The lowest BCUT2D eigenvalue weighted by Gasteiger charge is -2.40. The maximum absolute atomic E-state index is 12.0. The zero-order valence-corrected chi connectivity index (χ0v) is 9.47. The molecule has 0 aromatic rings. The van der Waals surface area contributed by atoms with E-state index in [1.807, 2.05) is 0 Å². The predicted octanol–water partition coefficient (Wildman–Crippen LogP) is 1.40. The van der Waals surface area contributed by atoms with Crippen LogP contribution < -0.4 is 5.32 Å². The maximum atomic E-state index is 12.0. The number of likely N-dealkylation sites (tertiary alicyclic amines) is 1. The summed E-state index contributed by atoms with van der Waals surface area (Å²) in [7, 11) is 0. The molecule has 0 unspecified atom stereocenters. The number of hydrogen-bond donors (Lipinski definition) is 1. The van der Waals surface area contributed by atoms with Gasteiger partial charge in [0.15, 0.2) is 0 Å². The summed E-state index contributed by atoms with van der Waals surface area (Å²) in [6.45, 7) is 5.28. The van der Waals surface area contributed by atoms with Crippen LogP contribution in [0.1, 0.15) is 20.3 Å². The number of hydrogen-bond acceptors (Lipinski definition) is 2. The van der Waals surface area contributed by atoms with Crippen molar-refractivity contribution in [1.29, 1.82) is 0 Å². The van der Waals surface area contributed by atoms with E-state index in [9.17, 15) is 18.0 Å². The molecular weight excluding hydrogens is 221 g/mol. The van der Waals surface area contributed by atoms with Gasteiger partial charge in [0.2, 0.25) is 0 Å². The minimum Gasteiger partial charge on any atom is -0.332 e. The molecule has 1 fully saturated rings. The van der Waals surface area contributed by atoms with Crippen molar-refractivity contribution in [1.82, 2.24) is 10.2 Å². The van der Waals surface area contributed by atoms with Crippen molar-refractivity contribution in [3.63, 3.8) is 0 Å². The Balaban J connectivity index is 2.16. The van der Waals surface area contributed by atoms with Crippen LogP contribution in [0.3, 0.4) is 0 Å². The van der Waals surface area contributed by atoms with Gasteiger partial charge in [-0.3, -0.25) is 4.79 Å². The highest BCUT2D eigenvalue weighted by Crippen LogP contribution is 2.22. The molecule has 0 radical (unpaired) electrons. The van der Waals surface area contributed by atoms with E-state index in [1.165, 1.54) is 0 Å². The van der Waals surface area contributed by atoms with Gasteiger partial charge in [0.25, 0.3) is 0 Å². The summed E-state index contributed by atoms with van der Waals surface area (Å²) in [4.78, 5) is 11.6. The molecule has 1 aliphatic heterocycles. The summed E-state index contributed by atoms with van der Waals surface area (Å²) in [6, 6.07) is 0.0186. The molecular formula is C10H17F3N2O. The molecule has 0 spiro atoms. The lowest BCUT2D eigenvalue weighted by Crippen LogP contribution is -2.62. The van der Waals surface area contributed by atoms with Crippen molar-refractivity contribution in [3.05, 3.63) is 0 Å². The van der Waals surface area contributed by atoms with Crippen LogP contribution in [0.4, 0.5) is 13.2 Å². The van der Waals surface area contributed by atoms with Crippen molar-refractivity contribution in [2.75, 3.05) is 19.6 Å². The smallest absolute Gasteiger partial charge is 0.332 e. The number of rotatable bonds is 4. The molecule has 1 rings (SSSR count). The molecule has 1 heterocycles. The largest absolute Gasteiger partial charge is 0.471 e. The molecule has 6 heteroatoms. The van der Waals surface area contributed by atoms with E-state index in [2.05, 4.69) is 19.2 Å². The van der Waals surface area contributed by atoms with E-state index < -0.39 is 12.1 Å². The van der Waals surface area contributed by atoms with Crippen LogP contribution in [0.25, 0.3) is 0 Å². The van der Waals surface area contributed by atoms with E-state index >= 15 is 0 Å². The van der Waals surface area contributed by atoms with Gasteiger partial charge in [-0.2, -0.15) is 13.2 Å². The zero-order chi connectivity index (χ0) is 12.3. The van der Waals surface area contributed by atoms with Crippen molar-refractivity contribution in [2.24, 2.45) is 5.92 Å². The van der Waals surface area contributed by atoms with E-state index in [1.54, 1.807) is 0 Å². The van der Waals surface area contributed by atoms with E-state index in [4.69, 9.17) is 0 Å². The Bertz CT molecular complexity index is 247. The number of carbonyl (C=O) groups is 1. The van der Waals surface area contributed by atoms with Gasteiger partial charge in [-0.1, -0.05) is 13.8 Å². The first-order valence-electron chi connectivity index (χ1n) is 5.40.